The van der Waals surface area contributed by atoms with Crippen molar-refractivity contribution in [3.8, 4) is 17.3 Å². The van der Waals surface area contributed by atoms with Gasteiger partial charge >= 0.3 is 5.69 Å². The Balaban J connectivity index is 1.51. The van der Waals surface area contributed by atoms with Gasteiger partial charge in [0, 0.05) is 18.7 Å². The van der Waals surface area contributed by atoms with E-state index in [0.29, 0.717) is 17.3 Å². The molecule has 148 valence electrons. The second-order valence-electron chi connectivity index (χ2n) is 6.48. The first-order valence-corrected chi connectivity index (χ1v) is 10.3. The lowest BCUT2D eigenvalue weighted by Crippen LogP contribution is -2.32. The van der Waals surface area contributed by atoms with Crippen LogP contribution in [0.25, 0.3) is 11.6 Å². The monoisotopic (exact) mass is 404 g/mol. The zero-order valence-corrected chi connectivity index (χ0v) is 16.1. The molecule has 9 nitrogen and oxygen atoms in total. The molecule has 0 aliphatic heterocycles. The highest BCUT2D eigenvalue weighted by molar-refractivity contribution is 7.89. The molecule has 2 aromatic heterocycles. The molecule has 1 fully saturated rings. The van der Waals surface area contributed by atoms with E-state index in [4.69, 9.17) is 9.15 Å². The molecule has 1 saturated carbocycles. The van der Waals surface area contributed by atoms with Crippen molar-refractivity contribution in [2.75, 3.05) is 13.7 Å². The first kappa shape index (κ1) is 18.5. The summed E-state index contributed by atoms with van der Waals surface area (Å²) < 4.78 is 40.7. The maximum Gasteiger partial charge on any atom is 0.346 e. The fraction of sp³-hybridized carbons (Fsp3) is 0.333. The number of ether oxygens (including phenoxy) is 1. The fourth-order valence-corrected chi connectivity index (χ4v) is 3.99. The molecule has 10 heteroatoms. The molecule has 0 amide bonds. The highest BCUT2D eigenvalue weighted by Gasteiger charge is 2.31. The van der Waals surface area contributed by atoms with Gasteiger partial charge in [-0.05, 0) is 37.1 Å². The van der Waals surface area contributed by atoms with Gasteiger partial charge in [0.15, 0.2) is 5.76 Å². The van der Waals surface area contributed by atoms with E-state index >= 15 is 0 Å². The van der Waals surface area contributed by atoms with Crippen LogP contribution in [0.15, 0.2) is 56.8 Å². The van der Waals surface area contributed by atoms with Gasteiger partial charge in [-0.15, -0.1) is 5.10 Å². The Morgan fingerprint density at radius 3 is 2.79 bits per heavy atom. The van der Waals surface area contributed by atoms with Gasteiger partial charge in [0.2, 0.25) is 15.8 Å². The fourth-order valence-electron chi connectivity index (χ4n) is 2.94. The summed E-state index contributed by atoms with van der Waals surface area (Å²) in [5.74, 6) is 1.43. The van der Waals surface area contributed by atoms with E-state index in [1.807, 2.05) is 0 Å². The molecule has 0 saturated heterocycles. The van der Waals surface area contributed by atoms with Crippen molar-refractivity contribution < 1.29 is 17.6 Å². The number of nitrogens with one attached hydrogen (secondary N) is 1. The number of nitrogens with zero attached hydrogens (tertiary/aromatic N) is 3. The second-order valence-corrected chi connectivity index (χ2v) is 8.25. The maximum absolute atomic E-state index is 12.7. The molecule has 1 aliphatic rings. The average molecular weight is 404 g/mol. The van der Waals surface area contributed by atoms with E-state index in [0.717, 1.165) is 12.8 Å². The van der Waals surface area contributed by atoms with Crippen molar-refractivity contribution >= 4 is 10.0 Å². The molecule has 4 rings (SSSR count). The van der Waals surface area contributed by atoms with Crippen LogP contribution in [-0.2, 0) is 16.6 Å². The summed E-state index contributed by atoms with van der Waals surface area (Å²) in [5, 5.41) is 4.35. The van der Waals surface area contributed by atoms with Crippen LogP contribution < -0.4 is 15.1 Å². The predicted octanol–water partition coefficient (Wildman–Crippen LogP) is 1.63. The molecular formula is C18H20N4O5S. The Morgan fingerprint density at radius 1 is 1.29 bits per heavy atom. The van der Waals surface area contributed by atoms with Crippen molar-refractivity contribution in [3.05, 3.63) is 53.1 Å². The first-order chi connectivity index (χ1) is 13.5. The van der Waals surface area contributed by atoms with Crippen LogP contribution >= 0.6 is 0 Å². The number of sulfonamides is 1. The number of methoxy groups -OCH3 is 1. The van der Waals surface area contributed by atoms with Crippen LogP contribution in [0.1, 0.15) is 18.9 Å². The van der Waals surface area contributed by atoms with Crippen LogP contribution in [0.3, 0.4) is 0 Å². The molecule has 1 aliphatic carbocycles. The molecule has 0 radical (unpaired) electrons. The number of furan rings is 1. The summed E-state index contributed by atoms with van der Waals surface area (Å²) in [6.45, 7) is 0.133. The predicted molar refractivity (Wildman–Crippen MR) is 101 cm³/mol. The quantitative estimate of drug-likeness (QED) is 0.611. The summed E-state index contributed by atoms with van der Waals surface area (Å²) in [7, 11) is -2.25. The number of benzene rings is 1. The lowest BCUT2D eigenvalue weighted by Gasteiger charge is -2.07. The first-order valence-electron chi connectivity index (χ1n) is 8.86. The smallest absolute Gasteiger partial charge is 0.346 e. The Kier molecular flexibility index (Phi) is 4.82. The second kappa shape index (κ2) is 7.28. The van der Waals surface area contributed by atoms with Crippen molar-refractivity contribution in [3.63, 3.8) is 0 Å². The van der Waals surface area contributed by atoms with Crippen LogP contribution in [0.4, 0.5) is 0 Å². The Labute approximate surface area is 161 Å². The Hall–Kier alpha value is -2.85. The summed E-state index contributed by atoms with van der Waals surface area (Å²) in [6.07, 6.45) is 3.36. The molecule has 0 unspecified atom stereocenters. The normalized spacial score (nSPS) is 14.3. The topological polar surface area (TPSA) is 108 Å². The highest BCUT2D eigenvalue weighted by Crippen LogP contribution is 2.36. The van der Waals surface area contributed by atoms with Gasteiger partial charge in [-0.25, -0.2) is 22.6 Å². The van der Waals surface area contributed by atoms with E-state index in [9.17, 15) is 13.2 Å². The summed E-state index contributed by atoms with van der Waals surface area (Å²) >= 11 is 0. The molecule has 0 atom stereocenters. The molecule has 28 heavy (non-hydrogen) atoms. The largest absolute Gasteiger partial charge is 0.497 e. The van der Waals surface area contributed by atoms with E-state index < -0.39 is 10.0 Å². The molecular weight excluding hydrogens is 384 g/mol. The zero-order chi connectivity index (χ0) is 19.7. The minimum Gasteiger partial charge on any atom is -0.497 e. The number of rotatable bonds is 8. The third kappa shape index (κ3) is 3.60. The van der Waals surface area contributed by atoms with Crippen LogP contribution in [0.5, 0.6) is 5.75 Å². The molecule has 3 aromatic rings. The van der Waals surface area contributed by atoms with Gasteiger partial charge in [-0.2, -0.15) is 0 Å². The van der Waals surface area contributed by atoms with Gasteiger partial charge in [0.05, 0.1) is 24.8 Å². The Bertz CT molecular complexity index is 1130. The van der Waals surface area contributed by atoms with Gasteiger partial charge < -0.3 is 9.15 Å². The standard InChI is InChI=1S/C18H20N4O5S/c1-26-14-4-2-5-15(12-14)28(24,25)19-9-10-21-18(23)22(13-7-8-13)17(20-21)16-6-3-11-27-16/h2-6,11-13,19H,7-10H2,1H3. The minimum absolute atomic E-state index is 0.0265. The van der Waals surface area contributed by atoms with Gasteiger partial charge in [-0.3, -0.25) is 4.57 Å². The molecule has 0 spiro atoms. The van der Waals surface area contributed by atoms with E-state index in [1.165, 1.54) is 30.2 Å². The third-order valence-corrected chi connectivity index (χ3v) is 5.95. The van der Waals surface area contributed by atoms with Gasteiger partial charge in [0.25, 0.3) is 0 Å². The van der Waals surface area contributed by atoms with Crippen molar-refractivity contribution in [2.24, 2.45) is 0 Å². The number of hydrogen-bond acceptors (Lipinski definition) is 6. The summed E-state index contributed by atoms with van der Waals surface area (Å²) in [5.41, 5.74) is -0.269. The lowest BCUT2D eigenvalue weighted by atomic mass is 10.3. The van der Waals surface area contributed by atoms with Gasteiger partial charge in [-0.1, -0.05) is 6.07 Å². The molecule has 0 bridgehead atoms. The number of hydrogen-bond donors (Lipinski definition) is 1. The maximum atomic E-state index is 12.7. The Morgan fingerprint density at radius 2 is 2.11 bits per heavy atom. The molecule has 1 N–H and O–H groups in total. The van der Waals surface area contributed by atoms with Gasteiger partial charge in [0.1, 0.15) is 5.75 Å². The van der Waals surface area contributed by atoms with Crippen molar-refractivity contribution in [2.45, 2.75) is 30.3 Å². The summed E-state index contributed by atoms with van der Waals surface area (Å²) in [6, 6.07) is 9.79. The van der Waals surface area contributed by atoms with E-state index in [1.54, 1.807) is 28.8 Å². The van der Waals surface area contributed by atoms with Crippen LogP contribution in [0.2, 0.25) is 0 Å². The van der Waals surface area contributed by atoms with Crippen LogP contribution in [0, 0.1) is 0 Å². The third-order valence-electron chi connectivity index (χ3n) is 4.49. The van der Waals surface area contributed by atoms with E-state index in [-0.39, 0.29) is 29.7 Å². The SMILES string of the molecule is COc1cccc(S(=O)(=O)NCCn2nc(-c3ccco3)n(C3CC3)c2=O)c1. The molecule has 1 aromatic carbocycles. The minimum atomic E-state index is -3.72. The average Bonchev–Trinajstić information content (AvgIpc) is 3.27. The zero-order valence-electron chi connectivity index (χ0n) is 15.2. The van der Waals surface area contributed by atoms with Crippen LogP contribution in [-0.4, -0.2) is 36.4 Å². The summed E-state index contributed by atoms with van der Waals surface area (Å²) in [4.78, 5) is 12.8. The highest BCUT2D eigenvalue weighted by atomic mass is 32.2. The lowest BCUT2D eigenvalue weighted by molar-refractivity contribution is 0.413. The molecule has 2 heterocycles. The van der Waals surface area contributed by atoms with Crippen molar-refractivity contribution in [1.82, 2.24) is 19.1 Å². The number of aromatic nitrogens is 3. The van der Waals surface area contributed by atoms with Crippen molar-refractivity contribution in [1.29, 1.82) is 0 Å². The van der Waals surface area contributed by atoms with E-state index in [2.05, 4.69) is 9.82 Å².